The Morgan fingerprint density at radius 2 is 1.22 bits per heavy atom. The van der Waals surface area contributed by atoms with Gasteiger partial charge in [-0.1, -0.05) is 90.4 Å². The van der Waals surface area contributed by atoms with Crippen molar-refractivity contribution in [2.24, 2.45) is 0 Å². The summed E-state index contributed by atoms with van der Waals surface area (Å²) in [6, 6.07) is 2.13. The minimum atomic E-state index is 0.888. The molecule has 0 unspecified atom stereocenters. The number of ether oxygens (including phenoxy) is 1. The predicted molar refractivity (Wildman–Crippen MR) is 105 cm³/mol. The van der Waals surface area contributed by atoms with E-state index in [1.807, 2.05) is 0 Å². The van der Waals surface area contributed by atoms with Crippen molar-refractivity contribution in [1.29, 1.82) is 0 Å². The Kier molecular flexibility index (Phi) is 13.4. The summed E-state index contributed by atoms with van der Waals surface area (Å²) in [4.78, 5) is 0. The van der Waals surface area contributed by atoms with Crippen molar-refractivity contribution < 1.29 is 4.74 Å². The van der Waals surface area contributed by atoms with Crippen LogP contribution in [0.3, 0.4) is 0 Å². The Morgan fingerprint density at radius 1 is 0.739 bits per heavy atom. The lowest BCUT2D eigenvalue weighted by Crippen LogP contribution is -1.96. The Balaban J connectivity index is 1.72. The molecule has 0 aliphatic heterocycles. The molecule has 0 aliphatic rings. The van der Waals surface area contributed by atoms with Crippen molar-refractivity contribution in [2.45, 2.75) is 104 Å². The van der Waals surface area contributed by atoms with Gasteiger partial charge in [-0.2, -0.15) is 0 Å². The number of rotatable bonds is 16. The van der Waals surface area contributed by atoms with E-state index in [2.05, 4.69) is 25.3 Å². The van der Waals surface area contributed by atoms with E-state index in [1.165, 1.54) is 95.5 Å². The second kappa shape index (κ2) is 15.1. The minimum Gasteiger partial charge on any atom is -0.484 e. The van der Waals surface area contributed by atoms with Gasteiger partial charge < -0.3 is 4.74 Å². The third-order valence-corrected chi connectivity index (χ3v) is 5.47. The standard InChI is InChI=1S/C21H38OS/c1-3-4-5-6-7-8-9-10-11-12-13-14-15-16-18-22-21-20(2)17-19-23-21/h17,19H,3-16,18H2,1-2H3. The molecule has 0 amide bonds. The molecule has 134 valence electrons. The molecule has 0 N–H and O–H groups in total. The van der Waals surface area contributed by atoms with Gasteiger partial charge in [-0.25, -0.2) is 0 Å². The zero-order valence-corrected chi connectivity index (χ0v) is 16.4. The average Bonchev–Trinajstić information content (AvgIpc) is 2.96. The first-order valence-corrected chi connectivity index (χ1v) is 10.9. The van der Waals surface area contributed by atoms with Crippen LogP contribution in [0, 0.1) is 6.92 Å². The lowest BCUT2D eigenvalue weighted by atomic mass is 10.0. The maximum absolute atomic E-state index is 5.80. The first-order chi connectivity index (χ1) is 11.3. The summed E-state index contributed by atoms with van der Waals surface area (Å²) >= 11 is 1.71. The van der Waals surface area contributed by atoms with Gasteiger partial charge in [-0.3, -0.25) is 0 Å². The summed E-state index contributed by atoms with van der Waals surface area (Å²) in [6.45, 7) is 5.30. The molecule has 1 heterocycles. The smallest absolute Gasteiger partial charge is 0.176 e. The van der Waals surface area contributed by atoms with Crippen molar-refractivity contribution in [3.8, 4) is 5.06 Å². The van der Waals surface area contributed by atoms with Crippen LogP contribution >= 0.6 is 11.3 Å². The average molecular weight is 339 g/mol. The van der Waals surface area contributed by atoms with E-state index >= 15 is 0 Å². The molecule has 0 spiro atoms. The van der Waals surface area contributed by atoms with E-state index < -0.39 is 0 Å². The number of hydrogen-bond donors (Lipinski definition) is 0. The van der Waals surface area contributed by atoms with E-state index in [1.54, 1.807) is 11.3 Å². The van der Waals surface area contributed by atoms with Crippen molar-refractivity contribution in [2.75, 3.05) is 6.61 Å². The van der Waals surface area contributed by atoms with Crippen molar-refractivity contribution in [3.63, 3.8) is 0 Å². The fourth-order valence-electron chi connectivity index (χ4n) is 2.97. The highest BCUT2D eigenvalue weighted by Crippen LogP contribution is 2.25. The zero-order chi connectivity index (χ0) is 16.6. The lowest BCUT2D eigenvalue weighted by Gasteiger charge is -2.05. The molecule has 0 atom stereocenters. The Labute approximate surface area is 148 Å². The molecule has 2 heteroatoms. The molecule has 0 bridgehead atoms. The van der Waals surface area contributed by atoms with Crippen LogP contribution in [0.1, 0.15) is 102 Å². The quantitative estimate of drug-likeness (QED) is 0.278. The van der Waals surface area contributed by atoms with Gasteiger partial charge in [0.15, 0.2) is 5.06 Å². The first-order valence-electron chi connectivity index (χ1n) is 10.0. The monoisotopic (exact) mass is 338 g/mol. The van der Waals surface area contributed by atoms with E-state index in [-0.39, 0.29) is 0 Å². The Bertz CT molecular complexity index is 358. The second-order valence-corrected chi connectivity index (χ2v) is 7.71. The summed E-state index contributed by atoms with van der Waals surface area (Å²) in [6.07, 6.45) is 19.7. The highest BCUT2D eigenvalue weighted by molar-refractivity contribution is 7.12. The summed E-state index contributed by atoms with van der Waals surface area (Å²) < 4.78 is 5.80. The zero-order valence-electron chi connectivity index (χ0n) is 15.6. The molecule has 1 aromatic rings. The summed E-state index contributed by atoms with van der Waals surface area (Å²) in [5.74, 6) is 0. The van der Waals surface area contributed by atoms with Crippen molar-refractivity contribution in [1.82, 2.24) is 0 Å². The molecule has 23 heavy (non-hydrogen) atoms. The number of unbranched alkanes of at least 4 members (excludes halogenated alkanes) is 13. The molecule has 0 fully saturated rings. The number of thiophene rings is 1. The topological polar surface area (TPSA) is 9.23 Å². The van der Waals surface area contributed by atoms with Crippen LogP contribution in [0.2, 0.25) is 0 Å². The molecular formula is C21H38OS. The molecular weight excluding hydrogens is 300 g/mol. The highest BCUT2D eigenvalue weighted by Gasteiger charge is 1.99. The van der Waals surface area contributed by atoms with Gasteiger partial charge in [0.25, 0.3) is 0 Å². The van der Waals surface area contributed by atoms with Crippen LogP contribution in [0.4, 0.5) is 0 Å². The molecule has 1 nitrogen and oxygen atoms in total. The van der Waals surface area contributed by atoms with Gasteiger partial charge in [0.2, 0.25) is 0 Å². The maximum atomic E-state index is 5.80. The van der Waals surface area contributed by atoms with E-state index in [4.69, 9.17) is 4.74 Å². The number of aryl methyl sites for hydroxylation is 1. The van der Waals surface area contributed by atoms with Gasteiger partial charge in [0.1, 0.15) is 0 Å². The predicted octanol–water partition coefficient (Wildman–Crippen LogP) is 7.92. The third-order valence-electron chi connectivity index (χ3n) is 4.55. The minimum absolute atomic E-state index is 0.888. The molecule has 1 rings (SSSR count). The van der Waals surface area contributed by atoms with Crippen LogP contribution in [0.15, 0.2) is 11.4 Å². The largest absolute Gasteiger partial charge is 0.484 e. The molecule has 0 aromatic carbocycles. The summed E-state index contributed by atoms with van der Waals surface area (Å²) in [5.41, 5.74) is 1.28. The molecule has 1 aromatic heterocycles. The van der Waals surface area contributed by atoms with Gasteiger partial charge in [0.05, 0.1) is 6.61 Å². The fourth-order valence-corrected chi connectivity index (χ4v) is 3.77. The summed E-state index contributed by atoms with van der Waals surface area (Å²) in [5, 5.41) is 3.22. The van der Waals surface area contributed by atoms with E-state index in [0.29, 0.717) is 0 Å². The second-order valence-electron chi connectivity index (χ2n) is 6.84. The number of hydrogen-bond acceptors (Lipinski definition) is 2. The third kappa shape index (κ3) is 11.6. The van der Waals surface area contributed by atoms with Crippen LogP contribution < -0.4 is 4.74 Å². The van der Waals surface area contributed by atoms with Crippen LogP contribution in [0.5, 0.6) is 5.06 Å². The van der Waals surface area contributed by atoms with E-state index in [9.17, 15) is 0 Å². The molecule has 0 aliphatic carbocycles. The molecule has 0 saturated carbocycles. The van der Waals surface area contributed by atoms with Crippen molar-refractivity contribution >= 4 is 11.3 Å². The van der Waals surface area contributed by atoms with Crippen LogP contribution in [-0.4, -0.2) is 6.61 Å². The maximum Gasteiger partial charge on any atom is 0.176 e. The van der Waals surface area contributed by atoms with E-state index in [0.717, 1.165) is 11.7 Å². The molecule has 0 radical (unpaired) electrons. The molecule has 0 saturated heterocycles. The van der Waals surface area contributed by atoms with Gasteiger partial charge in [-0.15, -0.1) is 11.3 Å². The van der Waals surface area contributed by atoms with Gasteiger partial charge in [-0.05, 0) is 24.8 Å². The normalized spacial score (nSPS) is 11.0. The van der Waals surface area contributed by atoms with Crippen LogP contribution in [0.25, 0.3) is 0 Å². The summed E-state index contributed by atoms with van der Waals surface area (Å²) in [7, 11) is 0. The lowest BCUT2D eigenvalue weighted by molar-refractivity contribution is 0.311. The van der Waals surface area contributed by atoms with Crippen molar-refractivity contribution in [3.05, 3.63) is 17.0 Å². The van der Waals surface area contributed by atoms with Gasteiger partial charge >= 0.3 is 0 Å². The highest BCUT2D eigenvalue weighted by atomic mass is 32.1. The Hall–Kier alpha value is -0.500. The Morgan fingerprint density at radius 3 is 1.65 bits per heavy atom. The van der Waals surface area contributed by atoms with Crippen LogP contribution in [-0.2, 0) is 0 Å². The first kappa shape index (κ1) is 20.5. The van der Waals surface area contributed by atoms with Gasteiger partial charge in [0, 0.05) is 5.56 Å². The fraction of sp³-hybridized carbons (Fsp3) is 0.810. The SMILES string of the molecule is CCCCCCCCCCCCCCCCOc1sccc1C.